The van der Waals surface area contributed by atoms with Crippen molar-refractivity contribution in [2.24, 2.45) is 0 Å². The van der Waals surface area contributed by atoms with Gasteiger partial charge in [-0.3, -0.25) is 4.79 Å². The predicted molar refractivity (Wildman–Crippen MR) is 122 cm³/mol. The fraction of sp³-hybridized carbons (Fsp3) is 0.318. The number of anilines is 2. The van der Waals surface area contributed by atoms with Crippen LogP contribution in [0.4, 0.5) is 20.2 Å². The lowest BCUT2D eigenvalue weighted by atomic mass is 10.0. The molecule has 2 N–H and O–H groups in total. The van der Waals surface area contributed by atoms with Gasteiger partial charge in [0.2, 0.25) is 0 Å². The van der Waals surface area contributed by atoms with Crippen molar-refractivity contribution in [3.63, 3.8) is 0 Å². The van der Waals surface area contributed by atoms with Gasteiger partial charge >= 0.3 is 0 Å². The van der Waals surface area contributed by atoms with Gasteiger partial charge < -0.3 is 19.9 Å². The first kappa shape index (κ1) is 20.8. The van der Waals surface area contributed by atoms with Crippen LogP contribution in [0.15, 0.2) is 29.9 Å². The molecule has 0 aliphatic carbocycles. The fourth-order valence-electron chi connectivity index (χ4n) is 4.42. The minimum Gasteiger partial charge on any atom is -0.368 e. The first-order chi connectivity index (χ1) is 15.3. The molecule has 10 heteroatoms. The third-order valence-electron chi connectivity index (χ3n) is 5.59. The third-order valence-corrected chi connectivity index (χ3v) is 6.22. The topological polar surface area (TPSA) is 74.6 Å². The van der Waals surface area contributed by atoms with E-state index < -0.39 is 17.5 Å². The number of hydrogen-bond acceptors (Lipinski definition) is 6. The molecule has 1 aromatic carbocycles. The van der Waals surface area contributed by atoms with Crippen molar-refractivity contribution in [1.29, 1.82) is 0 Å². The van der Waals surface area contributed by atoms with Crippen molar-refractivity contribution in [3.8, 4) is 0 Å². The van der Waals surface area contributed by atoms with Crippen molar-refractivity contribution in [3.05, 3.63) is 52.8 Å². The third kappa shape index (κ3) is 3.59. The number of piperazine rings is 1. The van der Waals surface area contributed by atoms with Crippen LogP contribution in [-0.2, 0) is 0 Å². The number of amides is 1. The van der Waals surface area contributed by atoms with Crippen LogP contribution >= 0.6 is 11.5 Å². The number of benzene rings is 1. The monoisotopic (exact) mass is 456 g/mol. The van der Waals surface area contributed by atoms with Gasteiger partial charge in [-0.15, -0.1) is 0 Å². The molecule has 2 atom stereocenters. The van der Waals surface area contributed by atoms with E-state index in [2.05, 4.69) is 38.7 Å². The van der Waals surface area contributed by atoms with E-state index in [0.29, 0.717) is 11.2 Å². The first-order valence-electron chi connectivity index (χ1n) is 10.3. The Morgan fingerprint density at radius 1 is 1.19 bits per heavy atom. The van der Waals surface area contributed by atoms with Gasteiger partial charge in [-0.2, -0.15) is 4.37 Å². The highest BCUT2D eigenvalue weighted by Crippen LogP contribution is 2.34. The van der Waals surface area contributed by atoms with E-state index >= 15 is 4.39 Å². The van der Waals surface area contributed by atoms with E-state index in [9.17, 15) is 9.18 Å². The van der Waals surface area contributed by atoms with Gasteiger partial charge in [0.1, 0.15) is 16.9 Å². The summed E-state index contributed by atoms with van der Waals surface area (Å²) < 4.78 is 35.5. The maximum Gasteiger partial charge on any atom is 0.260 e. The number of nitrogens with zero attached hydrogens (tertiary/aromatic N) is 4. The summed E-state index contributed by atoms with van der Waals surface area (Å²) in [5.41, 5.74) is 1.90. The number of pyridine rings is 1. The highest BCUT2D eigenvalue weighted by molar-refractivity contribution is 7.05. The van der Waals surface area contributed by atoms with Crippen LogP contribution < -0.4 is 15.5 Å². The summed E-state index contributed by atoms with van der Waals surface area (Å²) in [5.74, 6) is -1.91. The van der Waals surface area contributed by atoms with E-state index in [1.807, 2.05) is 5.38 Å². The lowest BCUT2D eigenvalue weighted by Gasteiger charge is -2.38. The quantitative estimate of drug-likeness (QED) is 0.488. The van der Waals surface area contributed by atoms with Crippen molar-refractivity contribution >= 4 is 45.4 Å². The molecule has 0 spiro atoms. The van der Waals surface area contributed by atoms with Crippen molar-refractivity contribution in [1.82, 2.24) is 19.1 Å². The Hall–Kier alpha value is -3.11. The number of aromatic nitrogens is 3. The average molecular weight is 457 g/mol. The zero-order valence-corrected chi connectivity index (χ0v) is 18.6. The van der Waals surface area contributed by atoms with E-state index in [-0.39, 0.29) is 29.0 Å². The molecule has 0 saturated carbocycles. The molecule has 1 amide bonds. The van der Waals surface area contributed by atoms with Crippen LogP contribution in [0.3, 0.4) is 0 Å². The van der Waals surface area contributed by atoms with Crippen LogP contribution in [0.5, 0.6) is 0 Å². The summed E-state index contributed by atoms with van der Waals surface area (Å²) in [4.78, 5) is 19.3. The smallest absolute Gasteiger partial charge is 0.260 e. The molecule has 7 nitrogen and oxygen atoms in total. The summed E-state index contributed by atoms with van der Waals surface area (Å²) in [6.45, 7) is 7.37. The zero-order valence-electron chi connectivity index (χ0n) is 17.8. The SMILES string of the molecule is Cc1cn2cc(NC(=O)c3c(F)cc(N4C[C@@H](C)N[C@@H](C)C4)c4csnc34)cc(F)c2n1. The lowest BCUT2D eigenvalue weighted by molar-refractivity contribution is 0.102. The minimum atomic E-state index is -0.678. The van der Waals surface area contributed by atoms with Crippen LogP contribution in [0, 0.1) is 18.6 Å². The van der Waals surface area contributed by atoms with E-state index in [1.165, 1.54) is 28.1 Å². The molecule has 3 aromatic heterocycles. The maximum atomic E-state index is 15.3. The first-order valence-corrected chi connectivity index (χ1v) is 11.2. The van der Waals surface area contributed by atoms with Gasteiger partial charge in [-0.05, 0) is 38.4 Å². The molecule has 1 aliphatic heterocycles. The van der Waals surface area contributed by atoms with E-state index in [1.54, 1.807) is 19.3 Å². The van der Waals surface area contributed by atoms with E-state index in [4.69, 9.17) is 0 Å². The minimum absolute atomic E-state index is 0.149. The standard InChI is InChI=1S/C22H22F2N6OS/c1-11-6-29(7-12(2)25-11)18-5-16(23)19(20-15(18)10-32-28-20)22(31)27-14-4-17(24)21-26-13(3)8-30(21)9-14/h4-5,8-12,25H,6-7H2,1-3H3,(H,27,31)/t11-,12+. The number of aryl methyl sites for hydroxylation is 1. The Labute approximate surface area is 187 Å². The van der Waals surface area contributed by atoms with Gasteiger partial charge in [0.25, 0.3) is 5.91 Å². The van der Waals surface area contributed by atoms with Crippen molar-refractivity contribution < 1.29 is 13.6 Å². The molecule has 5 rings (SSSR count). The summed E-state index contributed by atoms with van der Waals surface area (Å²) in [6, 6.07) is 3.08. The Balaban J connectivity index is 1.51. The van der Waals surface area contributed by atoms with Crippen LogP contribution in [0.25, 0.3) is 16.6 Å². The molecule has 1 aliphatic rings. The molecule has 0 unspecified atom stereocenters. The molecule has 4 heterocycles. The largest absolute Gasteiger partial charge is 0.368 e. The number of halogens is 2. The Kier molecular flexibility index (Phi) is 5.06. The summed E-state index contributed by atoms with van der Waals surface area (Å²) in [5, 5.41) is 8.63. The molecule has 0 bridgehead atoms. The lowest BCUT2D eigenvalue weighted by Crippen LogP contribution is -2.54. The number of nitrogens with one attached hydrogen (secondary N) is 2. The number of fused-ring (bicyclic) bond motifs is 2. The maximum absolute atomic E-state index is 15.3. The molecular formula is C22H22F2N6OS. The number of rotatable bonds is 3. The van der Waals surface area contributed by atoms with E-state index in [0.717, 1.165) is 24.2 Å². The highest BCUT2D eigenvalue weighted by atomic mass is 32.1. The van der Waals surface area contributed by atoms with Crippen molar-refractivity contribution in [2.75, 3.05) is 23.3 Å². The molecule has 166 valence electrons. The second-order valence-electron chi connectivity index (χ2n) is 8.35. The average Bonchev–Trinajstić information content (AvgIpc) is 3.32. The molecule has 4 aromatic rings. The Morgan fingerprint density at radius 3 is 2.69 bits per heavy atom. The number of carbonyl (C=O) groups excluding carboxylic acids is 1. The number of carbonyl (C=O) groups is 1. The molecule has 1 fully saturated rings. The second-order valence-corrected chi connectivity index (χ2v) is 8.98. The van der Waals surface area contributed by atoms with Crippen molar-refractivity contribution in [2.45, 2.75) is 32.9 Å². The summed E-state index contributed by atoms with van der Waals surface area (Å²) in [7, 11) is 0. The predicted octanol–water partition coefficient (Wildman–Crippen LogP) is 3.97. The fourth-order valence-corrected chi connectivity index (χ4v) is 5.11. The van der Waals surface area contributed by atoms with Gasteiger partial charge in [0, 0.05) is 54.4 Å². The van der Waals surface area contributed by atoms with Gasteiger partial charge in [-0.1, -0.05) is 0 Å². The van der Waals surface area contributed by atoms with Crippen LogP contribution in [-0.4, -0.2) is 44.8 Å². The molecule has 32 heavy (non-hydrogen) atoms. The normalized spacial score (nSPS) is 19.1. The second kappa shape index (κ2) is 7.79. The summed E-state index contributed by atoms with van der Waals surface area (Å²) in [6.07, 6.45) is 3.20. The molecule has 1 saturated heterocycles. The Morgan fingerprint density at radius 2 is 1.94 bits per heavy atom. The summed E-state index contributed by atoms with van der Waals surface area (Å²) >= 11 is 1.17. The molecule has 0 radical (unpaired) electrons. The number of hydrogen-bond donors (Lipinski definition) is 2. The Bertz CT molecular complexity index is 1340. The van der Waals surface area contributed by atoms with Crippen LogP contribution in [0.1, 0.15) is 29.9 Å². The number of imidazole rings is 1. The highest BCUT2D eigenvalue weighted by Gasteiger charge is 2.27. The zero-order chi connectivity index (χ0) is 22.6. The molecular weight excluding hydrogens is 434 g/mol. The van der Waals surface area contributed by atoms with Gasteiger partial charge in [0.05, 0.1) is 17.1 Å². The van der Waals surface area contributed by atoms with Gasteiger partial charge in [-0.25, -0.2) is 13.8 Å². The van der Waals surface area contributed by atoms with Crippen LogP contribution in [0.2, 0.25) is 0 Å². The van der Waals surface area contributed by atoms with Gasteiger partial charge in [0.15, 0.2) is 11.5 Å².